The Morgan fingerprint density at radius 1 is 1.28 bits per heavy atom. The van der Waals surface area contributed by atoms with E-state index in [1.54, 1.807) is 0 Å². The van der Waals surface area contributed by atoms with E-state index in [4.69, 9.17) is 4.74 Å². The molecule has 1 aliphatic carbocycles. The van der Waals surface area contributed by atoms with Crippen LogP contribution in [0.2, 0.25) is 0 Å². The van der Waals surface area contributed by atoms with Crippen molar-refractivity contribution in [3.63, 3.8) is 0 Å². The van der Waals surface area contributed by atoms with E-state index in [1.165, 1.54) is 37.0 Å². The van der Waals surface area contributed by atoms with Crippen LogP contribution in [0.1, 0.15) is 32.1 Å². The first-order valence-corrected chi connectivity index (χ1v) is 10.3. The molecule has 0 aromatic heterocycles. The van der Waals surface area contributed by atoms with E-state index >= 15 is 0 Å². The molecule has 138 valence electrons. The zero-order valence-electron chi connectivity index (χ0n) is 15.5. The van der Waals surface area contributed by atoms with Crippen molar-refractivity contribution in [1.29, 1.82) is 0 Å². The Morgan fingerprint density at radius 3 is 2.64 bits per heavy atom. The topological polar surface area (TPSA) is 36.9 Å². The van der Waals surface area contributed by atoms with Crippen LogP contribution in [-0.4, -0.2) is 56.0 Å². The highest BCUT2D eigenvalue weighted by molar-refractivity contribution is 8.01. The number of hydrogen-bond acceptors (Lipinski definition) is 3. The normalized spacial score (nSPS) is 20.3. The molecule has 0 atom stereocenters. The summed E-state index contributed by atoms with van der Waals surface area (Å²) in [5.41, 5.74) is 0. The molecule has 1 saturated carbocycles. The maximum atomic E-state index is 5.45. The predicted octanol–water partition coefficient (Wildman–Crippen LogP) is 3.64. The molecule has 2 aliphatic rings. The van der Waals surface area contributed by atoms with Crippen LogP contribution in [0.3, 0.4) is 0 Å². The van der Waals surface area contributed by atoms with Gasteiger partial charge in [-0.15, -0.1) is 11.8 Å². The lowest BCUT2D eigenvalue weighted by molar-refractivity contribution is 0.0625. The number of hydrogen-bond donors (Lipinski definition) is 1. The van der Waals surface area contributed by atoms with Gasteiger partial charge in [-0.2, -0.15) is 0 Å². The first-order chi connectivity index (χ1) is 12.2. The third-order valence-electron chi connectivity index (χ3n) is 5.24. The standard InChI is InChI=1S/C20H31N3OS/c1-21-19(23(2)13-8-17-9-14-24-15-10-17)22-16-20(11-12-20)25-18-6-4-3-5-7-18/h3-7,17H,8-16H2,1-2H3,(H,21,22). The van der Waals surface area contributed by atoms with Crippen LogP contribution in [0.5, 0.6) is 0 Å². The molecule has 1 heterocycles. The molecule has 5 heteroatoms. The van der Waals surface area contributed by atoms with Gasteiger partial charge in [0, 0.05) is 50.0 Å². The lowest BCUT2D eigenvalue weighted by atomic mass is 9.96. The predicted molar refractivity (Wildman–Crippen MR) is 106 cm³/mol. The van der Waals surface area contributed by atoms with E-state index in [9.17, 15) is 0 Å². The highest BCUT2D eigenvalue weighted by Gasteiger charge is 2.43. The second kappa shape index (κ2) is 8.95. The van der Waals surface area contributed by atoms with E-state index in [2.05, 4.69) is 52.6 Å². The van der Waals surface area contributed by atoms with Crippen LogP contribution >= 0.6 is 11.8 Å². The molecule has 1 N–H and O–H groups in total. The molecule has 0 radical (unpaired) electrons. The summed E-state index contributed by atoms with van der Waals surface area (Å²) in [7, 11) is 4.04. The zero-order valence-corrected chi connectivity index (χ0v) is 16.4. The van der Waals surface area contributed by atoms with Crippen LogP contribution in [0.25, 0.3) is 0 Å². The summed E-state index contributed by atoms with van der Waals surface area (Å²) in [6, 6.07) is 10.7. The van der Waals surface area contributed by atoms with Crippen molar-refractivity contribution >= 4 is 17.7 Å². The third-order valence-corrected chi connectivity index (χ3v) is 6.73. The number of benzene rings is 1. The molecular formula is C20H31N3OS. The van der Waals surface area contributed by atoms with Crippen molar-refractivity contribution < 1.29 is 4.74 Å². The van der Waals surface area contributed by atoms with Crippen molar-refractivity contribution in [3.05, 3.63) is 30.3 Å². The molecule has 1 aromatic rings. The number of aliphatic imine (C=N–C) groups is 1. The van der Waals surface area contributed by atoms with Gasteiger partial charge in [0.05, 0.1) is 0 Å². The molecule has 0 unspecified atom stereocenters. The third kappa shape index (κ3) is 5.65. The van der Waals surface area contributed by atoms with Gasteiger partial charge in [0.15, 0.2) is 5.96 Å². The summed E-state index contributed by atoms with van der Waals surface area (Å²) < 4.78 is 5.80. The van der Waals surface area contributed by atoms with Gasteiger partial charge in [-0.1, -0.05) is 18.2 Å². The fraction of sp³-hybridized carbons (Fsp3) is 0.650. The van der Waals surface area contributed by atoms with Crippen LogP contribution in [0.15, 0.2) is 40.2 Å². The van der Waals surface area contributed by atoms with Gasteiger partial charge in [0.2, 0.25) is 0 Å². The quantitative estimate of drug-likeness (QED) is 0.594. The van der Waals surface area contributed by atoms with Gasteiger partial charge >= 0.3 is 0 Å². The maximum absolute atomic E-state index is 5.45. The fourth-order valence-corrected chi connectivity index (χ4v) is 4.58. The zero-order chi connectivity index (χ0) is 17.5. The van der Waals surface area contributed by atoms with Crippen molar-refractivity contribution in [1.82, 2.24) is 10.2 Å². The van der Waals surface area contributed by atoms with E-state index in [0.29, 0.717) is 4.75 Å². The molecule has 1 saturated heterocycles. The Labute approximate surface area is 156 Å². The van der Waals surface area contributed by atoms with E-state index in [-0.39, 0.29) is 0 Å². The van der Waals surface area contributed by atoms with Gasteiger partial charge in [0.25, 0.3) is 0 Å². The Morgan fingerprint density at radius 2 is 2.00 bits per heavy atom. The van der Waals surface area contributed by atoms with Gasteiger partial charge in [-0.25, -0.2) is 0 Å². The lowest BCUT2D eigenvalue weighted by Gasteiger charge is -2.27. The monoisotopic (exact) mass is 361 g/mol. The van der Waals surface area contributed by atoms with E-state index in [1.807, 2.05) is 18.8 Å². The number of ether oxygens (including phenoxy) is 1. The molecule has 0 amide bonds. The minimum absolute atomic E-state index is 0.346. The molecule has 3 rings (SSSR count). The second-order valence-electron chi connectivity index (χ2n) is 7.26. The van der Waals surface area contributed by atoms with E-state index < -0.39 is 0 Å². The molecule has 2 fully saturated rings. The first kappa shape index (κ1) is 18.6. The highest BCUT2D eigenvalue weighted by Crippen LogP contribution is 2.51. The van der Waals surface area contributed by atoms with Crippen LogP contribution in [0, 0.1) is 5.92 Å². The molecule has 4 nitrogen and oxygen atoms in total. The number of guanidine groups is 1. The van der Waals surface area contributed by atoms with Crippen molar-refractivity contribution in [3.8, 4) is 0 Å². The minimum Gasteiger partial charge on any atom is -0.381 e. The second-order valence-corrected chi connectivity index (χ2v) is 8.81. The number of nitrogens with zero attached hydrogens (tertiary/aromatic N) is 2. The van der Waals surface area contributed by atoms with Crippen molar-refractivity contribution in [2.45, 2.75) is 41.7 Å². The summed E-state index contributed by atoms with van der Waals surface area (Å²) in [6.45, 7) is 3.91. The Bertz CT molecular complexity index is 553. The van der Waals surface area contributed by atoms with Crippen LogP contribution in [-0.2, 0) is 4.74 Å². The van der Waals surface area contributed by atoms with Crippen molar-refractivity contribution in [2.24, 2.45) is 10.9 Å². The largest absolute Gasteiger partial charge is 0.381 e. The number of nitrogens with one attached hydrogen (secondary N) is 1. The highest BCUT2D eigenvalue weighted by atomic mass is 32.2. The Hall–Kier alpha value is -1.20. The average Bonchev–Trinajstić information content (AvgIpc) is 3.41. The van der Waals surface area contributed by atoms with Crippen LogP contribution < -0.4 is 5.32 Å². The maximum Gasteiger partial charge on any atom is 0.193 e. The van der Waals surface area contributed by atoms with Gasteiger partial charge in [-0.3, -0.25) is 4.99 Å². The SMILES string of the molecule is CN=C(NCC1(Sc2ccccc2)CC1)N(C)CCC1CCOCC1. The average molecular weight is 362 g/mol. The first-order valence-electron chi connectivity index (χ1n) is 9.44. The van der Waals surface area contributed by atoms with E-state index in [0.717, 1.165) is 38.2 Å². The van der Waals surface area contributed by atoms with Crippen LogP contribution in [0.4, 0.5) is 0 Å². The number of rotatable bonds is 7. The number of thioether (sulfide) groups is 1. The smallest absolute Gasteiger partial charge is 0.193 e. The Balaban J connectivity index is 1.43. The van der Waals surface area contributed by atoms with Gasteiger partial charge < -0.3 is 15.0 Å². The van der Waals surface area contributed by atoms with Crippen molar-refractivity contribution in [2.75, 3.05) is 40.4 Å². The molecule has 25 heavy (non-hydrogen) atoms. The molecule has 1 aromatic carbocycles. The lowest BCUT2D eigenvalue weighted by Crippen LogP contribution is -2.43. The summed E-state index contributed by atoms with van der Waals surface area (Å²) >= 11 is 2.01. The molecule has 0 spiro atoms. The Kier molecular flexibility index (Phi) is 6.65. The van der Waals surface area contributed by atoms with Gasteiger partial charge in [-0.05, 0) is 50.2 Å². The molecule has 1 aliphatic heterocycles. The molecule has 0 bridgehead atoms. The summed E-state index contributed by atoms with van der Waals surface area (Å²) in [5.74, 6) is 1.82. The summed E-state index contributed by atoms with van der Waals surface area (Å²) in [5, 5.41) is 3.61. The minimum atomic E-state index is 0.346. The fourth-order valence-electron chi connectivity index (χ4n) is 3.33. The summed E-state index contributed by atoms with van der Waals surface area (Å²) in [4.78, 5) is 8.13. The van der Waals surface area contributed by atoms with Gasteiger partial charge in [0.1, 0.15) is 0 Å². The molecular weight excluding hydrogens is 330 g/mol. The summed E-state index contributed by atoms with van der Waals surface area (Å²) in [6.07, 6.45) is 6.20.